The third kappa shape index (κ3) is 5.59. The minimum absolute atomic E-state index is 0.0383. The maximum atomic E-state index is 12.4. The van der Waals surface area contributed by atoms with Gasteiger partial charge in [0.2, 0.25) is 11.7 Å². The predicted molar refractivity (Wildman–Crippen MR) is 110 cm³/mol. The second kappa shape index (κ2) is 9.91. The van der Waals surface area contributed by atoms with E-state index in [2.05, 4.69) is 10.5 Å². The highest BCUT2D eigenvalue weighted by Crippen LogP contribution is 2.11. The Morgan fingerprint density at radius 2 is 1.77 bits per heavy atom. The van der Waals surface area contributed by atoms with Crippen molar-refractivity contribution in [1.29, 1.82) is 0 Å². The highest BCUT2D eigenvalue weighted by atomic mass is 16.5. The average molecular weight is 413 g/mol. The Bertz CT molecular complexity index is 875. The smallest absolute Gasteiger partial charge is 0.317 e. The zero-order valence-electron chi connectivity index (χ0n) is 17.3. The molecule has 1 aromatic carbocycles. The van der Waals surface area contributed by atoms with E-state index >= 15 is 0 Å². The number of hydrogen-bond acceptors (Lipinski definition) is 5. The summed E-state index contributed by atoms with van der Waals surface area (Å²) in [6, 6.07) is 11.1. The molecular weight excluding hydrogens is 386 g/mol. The average Bonchev–Trinajstić information content (AvgIpc) is 3.20. The summed E-state index contributed by atoms with van der Waals surface area (Å²) in [5, 5.41) is 6.51. The largest absolute Gasteiger partial charge is 0.351 e. The fourth-order valence-electron chi connectivity index (χ4n) is 3.28. The lowest BCUT2D eigenvalue weighted by molar-refractivity contribution is -0.132. The number of carbonyl (C=O) groups excluding carboxylic acids is 3. The van der Waals surface area contributed by atoms with E-state index in [0.29, 0.717) is 38.4 Å². The Balaban J connectivity index is 1.36. The molecule has 1 aliphatic heterocycles. The van der Waals surface area contributed by atoms with Crippen molar-refractivity contribution in [2.45, 2.75) is 19.9 Å². The number of urea groups is 1. The van der Waals surface area contributed by atoms with Crippen LogP contribution in [0.4, 0.5) is 4.79 Å². The first-order chi connectivity index (χ1) is 14.4. The molecule has 1 fully saturated rings. The molecule has 160 valence electrons. The fourth-order valence-corrected chi connectivity index (χ4v) is 3.28. The summed E-state index contributed by atoms with van der Waals surface area (Å²) in [5.41, 5.74) is 1.70. The number of aryl methyl sites for hydroxylation is 1. The van der Waals surface area contributed by atoms with Gasteiger partial charge < -0.3 is 24.5 Å². The van der Waals surface area contributed by atoms with Gasteiger partial charge in [-0.1, -0.05) is 35.5 Å². The fraction of sp³-hybridized carbons (Fsp3) is 0.429. The molecule has 0 bridgehead atoms. The van der Waals surface area contributed by atoms with Crippen LogP contribution in [0.2, 0.25) is 0 Å². The molecule has 1 N–H and O–H groups in total. The van der Waals surface area contributed by atoms with Gasteiger partial charge >= 0.3 is 6.03 Å². The third-order valence-corrected chi connectivity index (χ3v) is 4.98. The molecule has 1 aliphatic rings. The van der Waals surface area contributed by atoms with E-state index in [4.69, 9.17) is 4.52 Å². The van der Waals surface area contributed by atoms with E-state index in [9.17, 15) is 14.4 Å². The second-order valence-electron chi connectivity index (χ2n) is 7.33. The molecule has 3 rings (SSSR count). The standard InChI is InChI=1S/C21H27N5O4/c1-16-14-18(30-23-16)20(28)26-12-10-25(11-13-26)19(27)8-9-22-21(29)24(2)15-17-6-4-3-5-7-17/h3-7,14H,8-13,15H2,1-2H3,(H,22,29). The maximum absolute atomic E-state index is 12.4. The number of hydrogen-bond donors (Lipinski definition) is 1. The molecule has 0 radical (unpaired) electrons. The zero-order valence-corrected chi connectivity index (χ0v) is 17.3. The molecule has 1 saturated heterocycles. The number of benzene rings is 1. The van der Waals surface area contributed by atoms with Crippen LogP contribution in [0.5, 0.6) is 0 Å². The normalized spacial score (nSPS) is 13.8. The van der Waals surface area contributed by atoms with Crippen LogP contribution in [0, 0.1) is 6.92 Å². The van der Waals surface area contributed by atoms with Crippen molar-refractivity contribution in [2.24, 2.45) is 0 Å². The van der Waals surface area contributed by atoms with Gasteiger partial charge in [0.25, 0.3) is 5.91 Å². The van der Waals surface area contributed by atoms with Crippen molar-refractivity contribution < 1.29 is 18.9 Å². The molecule has 2 heterocycles. The lowest BCUT2D eigenvalue weighted by Gasteiger charge is -2.34. The SMILES string of the molecule is Cc1cc(C(=O)N2CCN(C(=O)CCNC(=O)N(C)Cc3ccccc3)CC2)on1. The Morgan fingerprint density at radius 3 is 2.40 bits per heavy atom. The summed E-state index contributed by atoms with van der Waals surface area (Å²) < 4.78 is 5.02. The monoisotopic (exact) mass is 413 g/mol. The summed E-state index contributed by atoms with van der Waals surface area (Å²) in [4.78, 5) is 41.9. The first kappa shape index (κ1) is 21.4. The summed E-state index contributed by atoms with van der Waals surface area (Å²) in [6.07, 6.45) is 0.222. The Hall–Kier alpha value is -3.36. The van der Waals surface area contributed by atoms with E-state index < -0.39 is 0 Å². The molecule has 0 spiro atoms. The minimum Gasteiger partial charge on any atom is -0.351 e. The van der Waals surface area contributed by atoms with Gasteiger partial charge in [-0.3, -0.25) is 9.59 Å². The first-order valence-electron chi connectivity index (χ1n) is 9.97. The van der Waals surface area contributed by atoms with Crippen LogP contribution in [0.1, 0.15) is 28.2 Å². The molecule has 4 amide bonds. The molecular formula is C21H27N5O4. The topological polar surface area (TPSA) is 99.0 Å². The van der Waals surface area contributed by atoms with Crippen LogP contribution >= 0.6 is 0 Å². The quantitative estimate of drug-likeness (QED) is 0.774. The van der Waals surface area contributed by atoms with E-state index in [1.165, 1.54) is 0 Å². The molecule has 0 atom stereocenters. The molecule has 0 aliphatic carbocycles. The van der Waals surface area contributed by atoms with Gasteiger partial charge in [-0.2, -0.15) is 0 Å². The molecule has 9 heteroatoms. The van der Waals surface area contributed by atoms with Crippen LogP contribution in [-0.2, 0) is 11.3 Å². The molecule has 0 saturated carbocycles. The second-order valence-corrected chi connectivity index (χ2v) is 7.33. The van der Waals surface area contributed by atoms with Crippen LogP contribution in [0.15, 0.2) is 40.9 Å². The number of carbonyl (C=O) groups is 3. The van der Waals surface area contributed by atoms with E-state index in [-0.39, 0.29) is 36.6 Å². The van der Waals surface area contributed by atoms with E-state index in [1.807, 2.05) is 30.3 Å². The molecule has 9 nitrogen and oxygen atoms in total. The molecule has 2 aromatic rings. The van der Waals surface area contributed by atoms with Crippen molar-refractivity contribution in [3.05, 3.63) is 53.4 Å². The van der Waals surface area contributed by atoms with Crippen LogP contribution in [0.3, 0.4) is 0 Å². The number of nitrogens with zero attached hydrogens (tertiary/aromatic N) is 4. The zero-order chi connectivity index (χ0) is 21.5. The van der Waals surface area contributed by atoms with E-state index in [1.54, 1.807) is 34.7 Å². The van der Waals surface area contributed by atoms with Crippen LogP contribution in [-0.4, -0.2) is 77.5 Å². The van der Waals surface area contributed by atoms with Gasteiger partial charge in [0, 0.05) is 58.8 Å². The van der Waals surface area contributed by atoms with Crippen LogP contribution in [0.25, 0.3) is 0 Å². The molecule has 0 unspecified atom stereocenters. The Labute approximate surface area is 175 Å². The third-order valence-electron chi connectivity index (χ3n) is 4.98. The predicted octanol–water partition coefficient (Wildman–Crippen LogP) is 1.50. The lowest BCUT2D eigenvalue weighted by Crippen LogP contribution is -2.51. The van der Waals surface area contributed by atoms with Crippen molar-refractivity contribution in [3.63, 3.8) is 0 Å². The summed E-state index contributed by atoms with van der Waals surface area (Å²) in [7, 11) is 1.72. The number of nitrogens with one attached hydrogen (secondary N) is 1. The highest BCUT2D eigenvalue weighted by molar-refractivity contribution is 5.91. The van der Waals surface area contributed by atoms with Gasteiger partial charge in [0.1, 0.15) is 0 Å². The summed E-state index contributed by atoms with van der Waals surface area (Å²) in [5.74, 6) is -0.0327. The first-order valence-corrected chi connectivity index (χ1v) is 9.97. The Kier molecular flexibility index (Phi) is 7.05. The summed E-state index contributed by atoms with van der Waals surface area (Å²) >= 11 is 0. The van der Waals surface area contributed by atoms with Crippen molar-refractivity contribution in [2.75, 3.05) is 39.8 Å². The number of amides is 4. The van der Waals surface area contributed by atoms with Gasteiger partial charge in [-0.25, -0.2) is 4.79 Å². The maximum Gasteiger partial charge on any atom is 0.317 e. The summed E-state index contributed by atoms with van der Waals surface area (Å²) in [6.45, 7) is 4.33. The van der Waals surface area contributed by atoms with Gasteiger partial charge in [0.15, 0.2) is 0 Å². The van der Waals surface area contributed by atoms with Gasteiger partial charge in [0.05, 0.1) is 5.69 Å². The van der Waals surface area contributed by atoms with Crippen LogP contribution < -0.4 is 5.32 Å². The number of aromatic nitrogens is 1. The van der Waals surface area contributed by atoms with Crippen molar-refractivity contribution >= 4 is 17.8 Å². The van der Waals surface area contributed by atoms with E-state index in [0.717, 1.165) is 5.56 Å². The van der Waals surface area contributed by atoms with Crippen molar-refractivity contribution in [3.8, 4) is 0 Å². The van der Waals surface area contributed by atoms with Crippen molar-refractivity contribution in [1.82, 2.24) is 25.2 Å². The number of rotatable bonds is 6. The minimum atomic E-state index is -0.218. The highest BCUT2D eigenvalue weighted by Gasteiger charge is 2.26. The Morgan fingerprint density at radius 1 is 1.10 bits per heavy atom. The molecule has 30 heavy (non-hydrogen) atoms. The number of piperazine rings is 1. The van der Waals surface area contributed by atoms with Gasteiger partial charge in [-0.05, 0) is 12.5 Å². The molecule has 1 aromatic heterocycles. The lowest BCUT2D eigenvalue weighted by atomic mass is 10.2. The van der Waals surface area contributed by atoms with Gasteiger partial charge in [-0.15, -0.1) is 0 Å².